The van der Waals surface area contributed by atoms with Gasteiger partial charge in [0.1, 0.15) is 0 Å². The Bertz CT molecular complexity index is 511. The van der Waals surface area contributed by atoms with Gasteiger partial charge in [-0.25, -0.2) is 0 Å². The molecule has 1 amide bonds. The van der Waals surface area contributed by atoms with Crippen LogP contribution in [0.15, 0.2) is 18.2 Å². The van der Waals surface area contributed by atoms with E-state index in [2.05, 4.69) is 31.0 Å². The van der Waals surface area contributed by atoms with Gasteiger partial charge in [-0.2, -0.15) is 0 Å². The summed E-state index contributed by atoms with van der Waals surface area (Å²) < 4.78 is 0. The summed E-state index contributed by atoms with van der Waals surface area (Å²) in [5.41, 5.74) is 8.33. The highest BCUT2D eigenvalue weighted by molar-refractivity contribution is 5.99. The van der Waals surface area contributed by atoms with Crippen LogP contribution in [-0.4, -0.2) is 35.5 Å². The number of benzene rings is 1. The van der Waals surface area contributed by atoms with E-state index >= 15 is 0 Å². The number of hydrogen-bond donors (Lipinski definition) is 2. The Labute approximate surface area is 127 Å². The maximum atomic E-state index is 12.4. The van der Waals surface area contributed by atoms with Crippen LogP contribution in [0.5, 0.6) is 0 Å². The average Bonchev–Trinajstić information content (AvgIpc) is 2.41. The van der Waals surface area contributed by atoms with Gasteiger partial charge < -0.3 is 11.1 Å². The number of piperidine rings is 1. The first-order valence-electron chi connectivity index (χ1n) is 7.70. The molecule has 4 nitrogen and oxygen atoms in total. The molecule has 0 aromatic heterocycles. The van der Waals surface area contributed by atoms with E-state index in [4.69, 9.17) is 5.73 Å². The molecular weight excluding hydrogens is 262 g/mol. The Morgan fingerprint density at radius 3 is 2.48 bits per heavy atom. The zero-order valence-electron chi connectivity index (χ0n) is 13.6. The highest BCUT2D eigenvalue weighted by Crippen LogP contribution is 2.21. The molecule has 4 heteroatoms. The van der Waals surface area contributed by atoms with Crippen molar-refractivity contribution >= 4 is 11.6 Å². The van der Waals surface area contributed by atoms with E-state index in [1.54, 1.807) is 6.07 Å². The normalized spacial score (nSPS) is 17.7. The number of nitrogen functional groups attached to an aromatic ring is 1. The second-order valence-corrected chi connectivity index (χ2v) is 6.94. The summed E-state index contributed by atoms with van der Waals surface area (Å²) in [7, 11) is 0. The zero-order chi connectivity index (χ0) is 15.6. The van der Waals surface area contributed by atoms with Gasteiger partial charge in [0, 0.05) is 30.4 Å². The van der Waals surface area contributed by atoms with Crippen LogP contribution in [0.25, 0.3) is 0 Å². The van der Waals surface area contributed by atoms with Crippen LogP contribution < -0.4 is 11.1 Å². The molecular formula is C17H27N3O. The molecule has 2 rings (SSSR count). The lowest BCUT2D eigenvalue weighted by Gasteiger charge is -2.41. The van der Waals surface area contributed by atoms with Crippen molar-refractivity contribution in [3.05, 3.63) is 29.3 Å². The molecule has 1 saturated heterocycles. The lowest BCUT2D eigenvalue weighted by molar-refractivity contribution is 0.0813. The lowest BCUT2D eigenvalue weighted by atomic mass is 9.97. The van der Waals surface area contributed by atoms with E-state index in [0.29, 0.717) is 11.3 Å². The molecule has 1 aromatic carbocycles. The van der Waals surface area contributed by atoms with Gasteiger partial charge in [0.2, 0.25) is 0 Å². The topological polar surface area (TPSA) is 58.4 Å². The van der Waals surface area contributed by atoms with Crippen molar-refractivity contribution in [3.8, 4) is 0 Å². The predicted molar refractivity (Wildman–Crippen MR) is 87.4 cm³/mol. The predicted octanol–water partition coefficient (Wildman–Crippen LogP) is 2.57. The minimum absolute atomic E-state index is 0.0505. The highest BCUT2D eigenvalue weighted by atomic mass is 16.1. The summed E-state index contributed by atoms with van der Waals surface area (Å²) in [6.45, 7) is 10.7. The third-order valence-corrected chi connectivity index (χ3v) is 4.35. The quantitative estimate of drug-likeness (QED) is 0.823. The van der Waals surface area contributed by atoms with Crippen molar-refractivity contribution < 1.29 is 4.79 Å². The molecule has 0 atom stereocenters. The van der Waals surface area contributed by atoms with Crippen LogP contribution in [0.3, 0.4) is 0 Å². The largest absolute Gasteiger partial charge is 0.398 e. The first kappa shape index (κ1) is 15.8. The van der Waals surface area contributed by atoms with Gasteiger partial charge in [0.15, 0.2) is 0 Å². The molecule has 0 radical (unpaired) electrons. The van der Waals surface area contributed by atoms with Gasteiger partial charge in [-0.1, -0.05) is 12.1 Å². The molecule has 0 unspecified atom stereocenters. The second-order valence-electron chi connectivity index (χ2n) is 6.94. The molecule has 0 aliphatic carbocycles. The Balaban J connectivity index is 1.95. The summed E-state index contributed by atoms with van der Waals surface area (Å²) in [5.74, 6) is -0.0505. The van der Waals surface area contributed by atoms with Gasteiger partial charge >= 0.3 is 0 Å². The van der Waals surface area contributed by atoms with Gasteiger partial charge in [-0.15, -0.1) is 0 Å². The van der Waals surface area contributed by atoms with Crippen molar-refractivity contribution in [1.82, 2.24) is 10.2 Å². The van der Waals surface area contributed by atoms with Crippen molar-refractivity contribution in [2.75, 3.05) is 18.8 Å². The van der Waals surface area contributed by atoms with Crippen LogP contribution in [0, 0.1) is 6.92 Å². The lowest BCUT2D eigenvalue weighted by Crippen LogP contribution is -2.50. The summed E-state index contributed by atoms with van der Waals surface area (Å²) in [4.78, 5) is 14.8. The van der Waals surface area contributed by atoms with E-state index in [1.807, 2.05) is 19.1 Å². The van der Waals surface area contributed by atoms with Crippen molar-refractivity contribution in [2.24, 2.45) is 0 Å². The van der Waals surface area contributed by atoms with Crippen LogP contribution in [0.2, 0.25) is 0 Å². The molecule has 1 aliphatic heterocycles. The fourth-order valence-corrected chi connectivity index (χ4v) is 2.84. The SMILES string of the molecule is Cc1cccc(C(=O)NC2CCN(C(C)(C)C)CC2)c1N. The molecule has 0 spiro atoms. The van der Waals surface area contributed by atoms with Crippen LogP contribution >= 0.6 is 0 Å². The number of nitrogens with zero attached hydrogens (tertiary/aromatic N) is 1. The fourth-order valence-electron chi connectivity index (χ4n) is 2.84. The number of likely N-dealkylation sites (tertiary alicyclic amines) is 1. The fraction of sp³-hybridized carbons (Fsp3) is 0.588. The third kappa shape index (κ3) is 3.76. The maximum absolute atomic E-state index is 12.4. The number of nitrogens with one attached hydrogen (secondary N) is 1. The van der Waals surface area contributed by atoms with Gasteiger partial charge in [-0.3, -0.25) is 9.69 Å². The van der Waals surface area contributed by atoms with E-state index in [1.165, 1.54) is 0 Å². The second kappa shape index (κ2) is 6.06. The molecule has 1 aromatic rings. The molecule has 3 N–H and O–H groups in total. The molecule has 116 valence electrons. The summed E-state index contributed by atoms with van der Waals surface area (Å²) in [5, 5.41) is 3.13. The van der Waals surface area contributed by atoms with E-state index in [9.17, 15) is 4.79 Å². The molecule has 0 saturated carbocycles. The first-order valence-corrected chi connectivity index (χ1v) is 7.70. The summed E-state index contributed by atoms with van der Waals surface area (Å²) in [6.07, 6.45) is 1.99. The number of amides is 1. The van der Waals surface area contributed by atoms with E-state index in [-0.39, 0.29) is 17.5 Å². The number of hydrogen-bond acceptors (Lipinski definition) is 3. The number of carbonyl (C=O) groups excluding carboxylic acids is 1. The number of rotatable bonds is 2. The Morgan fingerprint density at radius 2 is 1.90 bits per heavy atom. The minimum atomic E-state index is -0.0505. The van der Waals surface area contributed by atoms with Gasteiger partial charge in [0.25, 0.3) is 5.91 Å². The number of carbonyl (C=O) groups is 1. The zero-order valence-corrected chi connectivity index (χ0v) is 13.6. The van der Waals surface area contributed by atoms with Gasteiger partial charge in [0.05, 0.1) is 5.56 Å². The van der Waals surface area contributed by atoms with Crippen LogP contribution in [-0.2, 0) is 0 Å². The Morgan fingerprint density at radius 1 is 1.29 bits per heavy atom. The Hall–Kier alpha value is -1.55. The number of aryl methyl sites for hydroxylation is 1. The van der Waals surface area contributed by atoms with Gasteiger partial charge in [-0.05, 0) is 52.2 Å². The van der Waals surface area contributed by atoms with Crippen molar-refractivity contribution in [3.63, 3.8) is 0 Å². The summed E-state index contributed by atoms with van der Waals surface area (Å²) in [6, 6.07) is 5.84. The van der Waals surface area contributed by atoms with E-state index in [0.717, 1.165) is 31.5 Å². The standard InChI is InChI=1S/C17H27N3O/c1-12-6-5-7-14(15(12)18)16(21)19-13-8-10-20(11-9-13)17(2,3)4/h5-7,13H,8-11,18H2,1-4H3,(H,19,21). The van der Waals surface area contributed by atoms with Crippen molar-refractivity contribution in [2.45, 2.75) is 52.1 Å². The number of para-hydroxylation sites is 1. The Kier molecular flexibility index (Phi) is 4.57. The molecule has 1 aliphatic rings. The first-order chi connectivity index (χ1) is 9.79. The summed E-state index contributed by atoms with van der Waals surface area (Å²) >= 11 is 0. The monoisotopic (exact) mass is 289 g/mol. The number of anilines is 1. The van der Waals surface area contributed by atoms with Crippen LogP contribution in [0.1, 0.15) is 49.5 Å². The van der Waals surface area contributed by atoms with Crippen LogP contribution in [0.4, 0.5) is 5.69 Å². The maximum Gasteiger partial charge on any atom is 0.253 e. The molecule has 21 heavy (non-hydrogen) atoms. The molecule has 1 heterocycles. The molecule has 0 bridgehead atoms. The van der Waals surface area contributed by atoms with Crippen molar-refractivity contribution in [1.29, 1.82) is 0 Å². The third-order valence-electron chi connectivity index (χ3n) is 4.35. The van der Waals surface area contributed by atoms with E-state index < -0.39 is 0 Å². The number of nitrogens with two attached hydrogens (primary N) is 1. The average molecular weight is 289 g/mol. The minimum Gasteiger partial charge on any atom is -0.398 e. The smallest absolute Gasteiger partial charge is 0.253 e. The molecule has 1 fully saturated rings. The highest BCUT2D eigenvalue weighted by Gasteiger charge is 2.27.